The number of furan rings is 1. The third-order valence-corrected chi connectivity index (χ3v) is 4.20. The molecule has 1 aliphatic heterocycles. The first-order valence-electron chi connectivity index (χ1n) is 6.99. The minimum atomic E-state index is -0.348. The third kappa shape index (κ3) is 3.14. The van der Waals surface area contributed by atoms with Crippen LogP contribution in [0.1, 0.15) is 0 Å². The number of amides is 3. The Morgan fingerprint density at radius 2 is 2.30 bits per heavy atom. The van der Waals surface area contributed by atoms with Gasteiger partial charge in [-0.25, -0.2) is 4.79 Å². The van der Waals surface area contributed by atoms with Crippen LogP contribution in [-0.4, -0.2) is 50.4 Å². The van der Waals surface area contributed by atoms with Crippen LogP contribution >= 0.6 is 11.8 Å². The Balaban J connectivity index is 1.69. The van der Waals surface area contributed by atoms with E-state index in [1.165, 1.54) is 16.7 Å². The lowest BCUT2D eigenvalue weighted by molar-refractivity contribution is -0.124. The van der Waals surface area contributed by atoms with Gasteiger partial charge in [-0.3, -0.25) is 14.3 Å². The highest BCUT2D eigenvalue weighted by atomic mass is 32.2. The summed E-state index contributed by atoms with van der Waals surface area (Å²) >= 11 is 1.42. The van der Waals surface area contributed by atoms with Crippen LogP contribution in [0.4, 0.5) is 4.79 Å². The summed E-state index contributed by atoms with van der Waals surface area (Å²) in [5, 5.41) is 11.5. The molecule has 2 aromatic rings. The Kier molecular flexibility index (Phi) is 4.47. The standard InChI is InChI=1S/C14H15N5O3S/c1-2-5-19-12(10-4-3-7-22-10)16-17-14(19)23-8-6-18-11(20)9-15-13(18)21/h2-4,7H,1,5-6,8-9H2,(H,15,21). The van der Waals surface area contributed by atoms with Crippen molar-refractivity contribution in [2.75, 3.05) is 18.8 Å². The molecule has 0 aromatic carbocycles. The highest BCUT2D eigenvalue weighted by Crippen LogP contribution is 2.24. The molecule has 120 valence electrons. The highest BCUT2D eigenvalue weighted by Gasteiger charge is 2.28. The van der Waals surface area contributed by atoms with Crippen LogP contribution < -0.4 is 5.32 Å². The fourth-order valence-corrected chi connectivity index (χ4v) is 3.06. The number of hydrogen-bond acceptors (Lipinski definition) is 6. The lowest BCUT2D eigenvalue weighted by Crippen LogP contribution is -2.32. The van der Waals surface area contributed by atoms with E-state index in [1.54, 1.807) is 18.4 Å². The van der Waals surface area contributed by atoms with E-state index in [4.69, 9.17) is 4.42 Å². The number of carbonyl (C=O) groups is 2. The van der Waals surface area contributed by atoms with Gasteiger partial charge in [-0.2, -0.15) is 0 Å². The summed E-state index contributed by atoms with van der Waals surface area (Å²) in [6.07, 6.45) is 3.32. The first-order valence-corrected chi connectivity index (χ1v) is 7.98. The molecule has 2 aromatic heterocycles. The number of carbonyl (C=O) groups excluding carboxylic acids is 2. The van der Waals surface area contributed by atoms with Crippen molar-refractivity contribution in [1.29, 1.82) is 0 Å². The third-order valence-electron chi connectivity index (χ3n) is 3.25. The van der Waals surface area contributed by atoms with Gasteiger partial charge < -0.3 is 9.73 Å². The van der Waals surface area contributed by atoms with E-state index >= 15 is 0 Å². The van der Waals surface area contributed by atoms with Gasteiger partial charge in [0.2, 0.25) is 11.7 Å². The Morgan fingerprint density at radius 1 is 1.43 bits per heavy atom. The van der Waals surface area contributed by atoms with E-state index in [2.05, 4.69) is 22.1 Å². The zero-order valence-corrected chi connectivity index (χ0v) is 13.1. The van der Waals surface area contributed by atoms with Crippen LogP contribution in [0, 0.1) is 0 Å². The molecule has 3 amide bonds. The quantitative estimate of drug-likeness (QED) is 0.467. The molecule has 23 heavy (non-hydrogen) atoms. The van der Waals surface area contributed by atoms with Gasteiger partial charge in [0.1, 0.15) is 0 Å². The maximum absolute atomic E-state index is 11.5. The molecule has 0 saturated carbocycles. The van der Waals surface area contributed by atoms with Gasteiger partial charge in [-0.05, 0) is 12.1 Å². The lowest BCUT2D eigenvalue weighted by Gasteiger charge is -2.11. The summed E-state index contributed by atoms with van der Waals surface area (Å²) in [7, 11) is 0. The normalized spacial score (nSPS) is 14.3. The van der Waals surface area contributed by atoms with Crippen molar-refractivity contribution < 1.29 is 14.0 Å². The van der Waals surface area contributed by atoms with Crippen molar-refractivity contribution in [2.24, 2.45) is 0 Å². The molecule has 1 fully saturated rings. The Morgan fingerprint density at radius 3 is 2.96 bits per heavy atom. The molecule has 1 N–H and O–H groups in total. The average molecular weight is 333 g/mol. The second kappa shape index (κ2) is 6.69. The van der Waals surface area contributed by atoms with Crippen LogP contribution in [0.3, 0.4) is 0 Å². The Bertz CT molecular complexity index is 709. The van der Waals surface area contributed by atoms with Crippen molar-refractivity contribution >= 4 is 23.7 Å². The van der Waals surface area contributed by atoms with Crippen LogP contribution in [0.25, 0.3) is 11.6 Å². The van der Waals surface area contributed by atoms with E-state index in [0.29, 0.717) is 35.6 Å². The number of aromatic nitrogens is 3. The van der Waals surface area contributed by atoms with Crippen molar-refractivity contribution in [3.63, 3.8) is 0 Å². The molecular formula is C14H15N5O3S. The zero-order chi connectivity index (χ0) is 16.2. The SMILES string of the molecule is C=CCn1c(SCCN2C(=O)CNC2=O)nnc1-c1ccco1. The molecule has 0 spiro atoms. The van der Waals surface area contributed by atoms with Gasteiger partial charge in [-0.15, -0.1) is 16.8 Å². The summed E-state index contributed by atoms with van der Waals surface area (Å²) in [6.45, 7) is 4.67. The fourth-order valence-electron chi connectivity index (χ4n) is 2.19. The van der Waals surface area contributed by atoms with Gasteiger partial charge in [0, 0.05) is 18.8 Å². The number of thioether (sulfide) groups is 1. The Labute approximate surface area is 136 Å². The van der Waals surface area contributed by atoms with Crippen molar-refractivity contribution in [3.8, 4) is 11.6 Å². The molecule has 1 aliphatic rings. The van der Waals surface area contributed by atoms with Gasteiger partial charge in [-0.1, -0.05) is 17.8 Å². The van der Waals surface area contributed by atoms with Crippen LogP contribution in [0.15, 0.2) is 40.6 Å². The van der Waals surface area contributed by atoms with Gasteiger partial charge in [0.05, 0.1) is 12.8 Å². The largest absolute Gasteiger partial charge is 0.461 e. The predicted octanol–water partition coefficient (Wildman–Crippen LogP) is 1.37. The number of nitrogens with one attached hydrogen (secondary N) is 1. The molecule has 0 radical (unpaired) electrons. The lowest BCUT2D eigenvalue weighted by atomic mass is 10.4. The van der Waals surface area contributed by atoms with Gasteiger partial charge in [0.25, 0.3) is 0 Å². The molecule has 0 bridgehead atoms. The molecule has 0 unspecified atom stereocenters. The first kappa shape index (κ1) is 15.3. The fraction of sp³-hybridized carbons (Fsp3) is 0.286. The predicted molar refractivity (Wildman–Crippen MR) is 83.8 cm³/mol. The van der Waals surface area contributed by atoms with Crippen molar-refractivity contribution in [2.45, 2.75) is 11.7 Å². The second-order valence-corrected chi connectivity index (χ2v) is 5.80. The number of nitrogens with zero attached hydrogens (tertiary/aromatic N) is 4. The van der Waals surface area contributed by atoms with Crippen LogP contribution in [-0.2, 0) is 11.3 Å². The van der Waals surface area contributed by atoms with E-state index in [1.807, 2.05) is 10.6 Å². The molecule has 9 heteroatoms. The molecular weight excluding hydrogens is 318 g/mol. The molecule has 8 nitrogen and oxygen atoms in total. The molecule has 0 aliphatic carbocycles. The summed E-state index contributed by atoms with van der Waals surface area (Å²) in [5.74, 6) is 1.57. The monoisotopic (exact) mass is 333 g/mol. The summed E-state index contributed by atoms with van der Waals surface area (Å²) in [6, 6.07) is 3.25. The second-order valence-electron chi connectivity index (χ2n) is 4.74. The summed E-state index contributed by atoms with van der Waals surface area (Å²) in [5.41, 5.74) is 0. The smallest absolute Gasteiger partial charge is 0.324 e. The zero-order valence-electron chi connectivity index (χ0n) is 12.3. The average Bonchev–Trinajstić information content (AvgIpc) is 3.25. The van der Waals surface area contributed by atoms with E-state index in [9.17, 15) is 9.59 Å². The van der Waals surface area contributed by atoms with E-state index in [0.717, 1.165) is 0 Å². The maximum Gasteiger partial charge on any atom is 0.324 e. The minimum absolute atomic E-state index is 0.0682. The number of hydrogen-bond donors (Lipinski definition) is 1. The van der Waals surface area contributed by atoms with Crippen LogP contribution in [0.2, 0.25) is 0 Å². The van der Waals surface area contributed by atoms with Gasteiger partial charge >= 0.3 is 6.03 Å². The highest BCUT2D eigenvalue weighted by molar-refractivity contribution is 7.99. The summed E-state index contributed by atoms with van der Waals surface area (Å²) in [4.78, 5) is 24.2. The number of rotatable bonds is 7. The van der Waals surface area contributed by atoms with Crippen molar-refractivity contribution in [3.05, 3.63) is 31.1 Å². The van der Waals surface area contributed by atoms with E-state index < -0.39 is 0 Å². The summed E-state index contributed by atoms with van der Waals surface area (Å²) < 4.78 is 7.24. The van der Waals surface area contributed by atoms with E-state index in [-0.39, 0.29) is 18.5 Å². The van der Waals surface area contributed by atoms with Crippen LogP contribution in [0.5, 0.6) is 0 Å². The Hall–Kier alpha value is -2.55. The molecule has 1 saturated heterocycles. The molecule has 3 rings (SSSR count). The molecule has 0 atom stereocenters. The maximum atomic E-state index is 11.5. The number of urea groups is 1. The van der Waals surface area contributed by atoms with Crippen molar-refractivity contribution in [1.82, 2.24) is 25.0 Å². The topological polar surface area (TPSA) is 93.3 Å². The number of allylic oxidation sites excluding steroid dienone is 1. The van der Waals surface area contributed by atoms with Gasteiger partial charge in [0.15, 0.2) is 10.9 Å². The number of imide groups is 1. The first-order chi connectivity index (χ1) is 11.2. The minimum Gasteiger partial charge on any atom is -0.461 e. The molecule has 3 heterocycles.